The predicted molar refractivity (Wildman–Crippen MR) is 95.3 cm³/mol. The highest BCUT2D eigenvalue weighted by Gasteiger charge is 2.16. The second kappa shape index (κ2) is 8.13. The number of carboxylic acid groups (broad SMARTS) is 1. The molecule has 1 aromatic heterocycles. The third-order valence-corrected chi connectivity index (χ3v) is 6.05. The van der Waals surface area contributed by atoms with Gasteiger partial charge in [0.1, 0.15) is 4.21 Å². The van der Waals surface area contributed by atoms with E-state index in [9.17, 15) is 18.0 Å². The predicted octanol–water partition coefficient (Wildman–Crippen LogP) is 2.39. The largest absolute Gasteiger partial charge is 0.481 e. The van der Waals surface area contributed by atoms with Gasteiger partial charge in [0.2, 0.25) is 0 Å². The van der Waals surface area contributed by atoms with Crippen LogP contribution in [0.3, 0.4) is 0 Å². The molecule has 2 aromatic rings. The van der Waals surface area contributed by atoms with Gasteiger partial charge < -0.3 is 10.4 Å². The summed E-state index contributed by atoms with van der Waals surface area (Å²) in [5.41, 5.74) is 0.563. The van der Waals surface area contributed by atoms with E-state index in [0.29, 0.717) is 0 Å². The Balaban J connectivity index is 2.03. The molecule has 0 aliphatic rings. The first-order valence-electron chi connectivity index (χ1n) is 7.44. The lowest BCUT2D eigenvalue weighted by atomic mass is 10.1. The van der Waals surface area contributed by atoms with E-state index in [1.807, 2.05) is 0 Å². The van der Waals surface area contributed by atoms with Crippen molar-refractivity contribution in [3.8, 4) is 0 Å². The maximum absolute atomic E-state index is 12.2. The third kappa shape index (κ3) is 5.57. The van der Waals surface area contributed by atoms with Crippen LogP contribution in [0, 0.1) is 5.92 Å². The molecule has 1 atom stereocenters. The van der Waals surface area contributed by atoms with Crippen LogP contribution in [0.5, 0.6) is 0 Å². The van der Waals surface area contributed by atoms with Crippen molar-refractivity contribution in [2.75, 3.05) is 11.3 Å². The minimum atomic E-state index is -3.68. The molecule has 1 aromatic carbocycles. The number of aliphatic carboxylic acids is 1. The van der Waals surface area contributed by atoms with Crippen LogP contribution in [-0.4, -0.2) is 31.9 Å². The molecular weight excluding hydrogens is 364 g/mol. The number of carbonyl (C=O) groups is 2. The van der Waals surface area contributed by atoms with Crippen LogP contribution in [-0.2, 0) is 14.8 Å². The van der Waals surface area contributed by atoms with Crippen LogP contribution in [0.25, 0.3) is 0 Å². The molecule has 9 heteroatoms. The zero-order valence-corrected chi connectivity index (χ0v) is 15.1. The summed E-state index contributed by atoms with van der Waals surface area (Å²) in [6.45, 7) is 1.94. The number of hydrogen-bond donors (Lipinski definition) is 3. The Morgan fingerprint density at radius 1 is 1.24 bits per heavy atom. The van der Waals surface area contributed by atoms with Gasteiger partial charge in [0.25, 0.3) is 15.9 Å². The molecule has 0 bridgehead atoms. The van der Waals surface area contributed by atoms with Crippen molar-refractivity contribution in [1.29, 1.82) is 0 Å². The van der Waals surface area contributed by atoms with Crippen molar-refractivity contribution < 1.29 is 23.1 Å². The van der Waals surface area contributed by atoms with E-state index in [1.54, 1.807) is 36.6 Å². The summed E-state index contributed by atoms with van der Waals surface area (Å²) in [7, 11) is -3.68. The second-order valence-electron chi connectivity index (χ2n) is 5.53. The van der Waals surface area contributed by atoms with Gasteiger partial charge in [-0.2, -0.15) is 0 Å². The molecule has 0 saturated heterocycles. The first-order chi connectivity index (χ1) is 11.8. The molecule has 0 saturated carbocycles. The molecule has 0 aliphatic carbocycles. The van der Waals surface area contributed by atoms with Crippen LogP contribution in [0.1, 0.15) is 23.7 Å². The Morgan fingerprint density at radius 2 is 2.00 bits per heavy atom. The van der Waals surface area contributed by atoms with Crippen molar-refractivity contribution >= 4 is 38.9 Å². The number of amides is 1. The van der Waals surface area contributed by atoms with E-state index in [1.165, 1.54) is 12.1 Å². The lowest BCUT2D eigenvalue weighted by Crippen LogP contribution is -2.29. The fourth-order valence-corrected chi connectivity index (χ4v) is 4.13. The number of carboxylic acids is 1. The van der Waals surface area contributed by atoms with Gasteiger partial charge in [0, 0.05) is 24.2 Å². The average molecular weight is 382 g/mol. The van der Waals surface area contributed by atoms with Gasteiger partial charge in [-0.15, -0.1) is 11.3 Å². The number of carbonyl (C=O) groups excluding carboxylic acids is 1. The topological polar surface area (TPSA) is 113 Å². The quantitative estimate of drug-likeness (QED) is 0.649. The fraction of sp³-hybridized carbons (Fsp3) is 0.250. The van der Waals surface area contributed by atoms with Gasteiger partial charge in [0.05, 0.1) is 0 Å². The molecule has 134 valence electrons. The van der Waals surface area contributed by atoms with Gasteiger partial charge in [-0.3, -0.25) is 14.3 Å². The van der Waals surface area contributed by atoms with E-state index in [4.69, 9.17) is 5.11 Å². The van der Waals surface area contributed by atoms with Gasteiger partial charge >= 0.3 is 5.97 Å². The first-order valence-corrected chi connectivity index (χ1v) is 9.80. The summed E-state index contributed by atoms with van der Waals surface area (Å²) in [6, 6.07) is 9.24. The van der Waals surface area contributed by atoms with Gasteiger partial charge in [-0.1, -0.05) is 19.1 Å². The van der Waals surface area contributed by atoms with Gasteiger partial charge in [-0.25, -0.2) is 8.42 Å². The molecule has 7 nitrogen and oxygen atoms in total. The van der Waals surface area contributed by atoms with Crippen molar-refractivity contribution in [3.63, 3.8) is 0 Å². The molecule has 0 aliphatic heterocycles. The van der Waals surface area contributed by atoms with Crippen molar-refractivity contribution in [2.45, 2.75) is 17.6 Å². The Bertz CT molecular complexity index is 847. The van der Waals surface area contributed by atoms with Crippen LogP contribution >= 0.6 is 11.3 Å². The third-order valence-electron chi connectivity index (χ3n) is 3.27. The minimum absolute atomic E-state index is 0.0407. The van der Waals surface area contributed by atoms with Crippen LogP contribution in [0.2, 0.25) is 0 Å². The highest BCUT2D eigenvalue weighted by atomic mass is 32.2. The Kier molecular flexibility index (Phi) is 6.16. The van der Waals surface area contributed by atoms with E-state index >= 15 is 0 Å². The second-order valence-corrected chi connectivity index (χ2v) is 8.39. The maximum atomic E-state index is 12.2. The Labute approximate surface area is 149 Å². The summed E-state index contributed by atoms with van der Waals surface area (Å²) >= 11 is 1.10. The molecular formula is C16H18N2O5S2. The summed E-state index contributed by atoms with van der Waals surface area (Å²) < 4.78 is 27.0. The monoisotopic (exact) mass is 382 g/mol. The Morgan fingerprint density at radius 3 is 2.64 bits per heavy atom. The molecule has 0 spiro atoms. The van der Waals surface area contributed by atoms with Crippen LogP contribution in [0.15, 0.2) is 46.0 Å². The SMILES string of the molecule is CC(CNC(=O)c1cccc(NS(=O)(=O)c2cccs2)c1)CC(=O)O. The molecule has 1 unspecified atom stereocenters. The normalized spacial score (nSPS) is 12.4. The molecule has 1 heterocycles. The average Bonchev–Trinajstić information content (AvgIpc) is 3.07. The number of sulfonamides is 1. The summed E-state index contributed by atoms with van der Waals surface area (Å²) in [5.74, 6) is -1.52. The van der Waals surface area contributed by atoms with Gasteiger partial charge in [0.15, 0.2) is 0 Å². The number of nitrogens with one attached hydrogen (secondary N) is 2. The molecule has 25 heavy (non-hydrogen) atoms. The fourth-order valence-electron chi connectivity index (χ4n) is 2.09. The van der Waals surface area contributed by atoms with Crippen LogP contribution in [0.4, 0.5) is 5.69 Å². The molecule has 1 amide bonds. The zero-order chi connectivity index (χ0) is 18.4. The van der Waals surface area contributed by atoms with E-state index in [-0.39, 0.29) is 34.3 Å². The molecule has 3 N–H and O–H groups in total. The maximum Gasteiger partial charge on any atom is 0.303 e. The molecule has 0 radical (unpaired) electrons. The highest BCUT2D eigenvalue weighted by Crippen LogP contribution is 2.20. The Hall–Kier alpha value is -2.39. The van der Waals surface area contributed by atoms with E-state index in [2.05, 4.69) is 10.0 Å². The number of thiophene rings is 1. The minimum Gasteiger partial charge on any atom is -0.481 e. The number of hydrogen-bond acceptors (Lipinski definition) is 5. The zero-order valence-electron chi connectivity index (χ0n) is 13.4. The number of rotatable bonds is 8. The highest BCUT2D eigenvalue weighted by molar-refractivity contribution is 7.94. The lowest BCUT2D eigenvalue weighted by Gasteiger charge is -2.11. The standard InChI is InChI=1S/C16H18N2O5S2/c1-11(8-14(19)20)10-17-16(21)12-4-2-5-13(9-12)18-25(22,23)15-6-3-7-24-15/h2-7,9,11,18H,8,10H2,1H3,(H,17,21)(H,19,20). The van der Waals surface area contributed by atoms with Crippen molar-refractivity contribution in [1.82, 2.24) is 5.32 Å². The summed E-state index contributed by atoms with van der Waals surface area (Å²) in [4.78, 5) is 22.8. The summed E-state index contributed by atoms with van der Waals surface area (Å²) in [6.07, 6.45) is -0.0407. The molecule has 0 fully saturated rings. The molecule has 2 rings (SSSR count). The number of benzene rings is 1. The van der Waals surface area contributed by atoms with Crippen molar-refractivity contribution in [3.05, 3.63) is 47.3 Å². The first kappa shape index (κ1) is 18.9. The summed E-state index contributed by atoms with van der Waals surface area (Å²) in [5, 5.41) is 13.0. The lowest BCUT2D eigenvalue weighted by molar-refractivity contribution is -0.137. The smallest absolute Gasteiger partial charge is 0.303 e. The van der Waals surface area contributed by atoms with Crippen LogP contribution < -0.4 is 10.0 Å². The van der Waals surface area contributed by atoms with Gasteiger partial charge in [-0.05, 0) is 35.6 Å². The number of anilines is 1. The van der Waals surface area contributed by atoms with Crippen molar-refractivity contribution in [2.24, 2.45) is 5.92 Å². The van der Waals surface area contributed by atoms with E-state index in [0.717, 1.165) is 11.3 Å². The van der Waals surface area contributed by atoms with E-state index < -0.39 is 21.9 Å².